The number of sulfone groups is 1. The molecule has 0 radical (unpaired) electrons. The molecule has 0 aliphatic rings. The van der Waals surface area contributed by atoms with Crippen molar-refractivity contribution in [2.45, 2.75) is 24.8 Å². The Morgan fingerprint density at radius 1 is 1.04 bits per heavy atom. The van der Waals surface area contributed by atoms with Crippen LogP contribution in [-0.2, 0) is 22.8 Å². The molecule has 0 aliphatic carbocycles. The van der Waals surface area contributed by atoms with E-state index in [1.165, 1.54) is 0 Å². The molecule has 0 fully saturated rings. The third-order valence-electron chi connectivity index (χ3n) is 3.99. The summed E-state index contributed by atoms with van der Waals surface area (Å²) in [6.07, 6.45) is 4.14. The minimum absolute atomic E-state index is 0.00760. The predicted molar refractivity (Wildman–Crippen MR) is 101 cm³/mol. The summed E-state index contributed by atoms with van der Waals surface area (Å²) in [6.45, 7) is 2.21. The van der Waals surface area contributed by atoms with Crippen molar-refractivity contribution in [3.63, 3.8) is 0 Å². The first kappa shape index (κ1) is 17.9. The predicted octanol–water partition coefficient (Wildman–Crippen LogP) is 1.82. The first-order valence-corrected chi connectivity index (χ1v) is 9.80. The van der Waals surface area contributed by atoms with Gasteiger partial charge in [-0.2, -0.15) is 5.10 Å². The van der Waals surface area contributed by atoms with Gasteiger partial charge in [-0.15, -0.1) is 0 Å². The highest BCUT2D eigenvalue weighted by atomic mass is 32.2. The zero-order valence-electron chi connectivity index (χ0n) is 14.5. The van der Waals surface area contributed by atoms with E-state index in [9.17, 15) is 8.42 Å². The van der Waals surface area contributed by atoms with E-state index in [4.69, 9.17) is 11.5 Å². The van der Waals surface area contributed by atoms with Crippen LogP contribution in [0.5, 0.6) is 0 Å². The summed E-state index contributed by atoms with van der Waals surface area (Å²) in [5.41, 5.74) is 14.3. The highest BCUT2D eigenvalue weighted by Gasteiger charge is 2.14. The van der Waals surface area contributed by atoms with Gasteiger partial charge in [0.2, 0.25) is 0 Å². The lowest BCUT2D eigenvalue weighted by Crippen LogP contribution is -2.13. The molecule has 0 atom stereocenters. The largest absolute Gasteiger partial charge is 0.384 e. The second-order valence-corrected chi connectivity index (χ2v) is 8.35. The maximum atomic E-state index is 12.4. The smallest absolute Gasteiger partial charge is 0.180 e. The van der Waals surface area contributed by atoms with Gasteiger partial charge in [0.05, 0.1) is 23.4 Å². The molecule has 136 valence electrons. The molecule has 2 heterocycles. The molecule has 1 aromatic carbocycles. The molecule has 4 N–H and O–H groups in total. The summed E-state index contributed by atoms with van der Waals surface area (Å²) in [4.78, 5) is 4.27. The molecular formula is C18H21N5O2S. The standard InChI is InChI=1S/C18H21N5O2S/c1-13-2-4-16(5-3-13)26(24,25)7-6-23-12-15(11-21-23)8-14-9-17(19)22-18(20)10-14/h2-5,9-12H,6-8H2,1H3,(H4,19,20,22). The van der Waals surface area contributed by atoms with Gasteiger partial charge in [0.15, 0.2) is 9.84 Å². The molecule has 7 nitrogen and oxygen atoms in total. The molecular weight excluding hydrogens is 350 g/mol. The molecule has 0 saturated heterocycles. The van der Waals surface area contributed by atoms with Crippen molar-refractivity contribution >= 4 is 21.5 Å². The number of nitrogen functional groups attached to an aromatic ring is 2. The van der Waals surface area contributed by atoms with Gasteiger partial charge < -0.3 is 11.5 Å². The number of aromatic nitrogens is 3. The fourth-order valence-corrected chi connectivity index (χ4v) is 3.88. The number of hydrogen-bond acceptors (Lipinski definition) is 6. The molecule has 0 unspecified atom stereocenters. The summed E-state index contributed by atoms with van der Waals surface area (Å²) < 4.78 is 26.5. The maximum Gasteiger partial charge on any atom is 0.180 e. The van der Waals surface area contributed by atoms with Crippen LogP contribution in [0.25, 0.3) is 0 Å². The number of aryl methyl sites for hydroxylation is 2. The molecule has 0 saturated carbocycles. The van der Waals surface area contributed by atoms with Crippen LogP contribution in [0.15, 0.2) is 53.7 Å². The fraction of sp³-hybridized carbons (Fsp3) is 0.222. The fourth-order valence-electron chi connectivity index (χ4n) is 2.67. The molecule has 0 bridgehead atoms. The molecule has 3 rings (SSSR count). The van der Waals surface area contributed by atoms with Crippen LogP contribution in [0.1, 0.15) is 16.7 Å². The number of nitrogens with zero attached hydrogens (tertiary/aromatic N) is 3. The van der Waals surface area contributed by atoms with Gasteiger partial charge in [0.25, 0.3) is 0 Å². The topological polar surface area (TPSA) is 117 Å². The molecule has 0 amide bonds. The Bertz CT molecular complexity index is 990. The van der Waals surface area contributed by atoms with Crippen molar-refractivity contribution in [3.05, 3.63) is 65.5 Å². The van der Waals surface area contributed by atoms with E-state index in [-0.39, 0.29) is 12.3 Å². The van der Waals surface area contributed by atoms with E-state index in [1.807, 2.05) is 13.1 Å². The van der Waals surface area contributed by atoms with E-state index < -0.39 is 9.84 Å². The summed E-state index contributed by atoms with van der Waals surface area (Å²) in [7, 11) is -3.34. The third kappa shape index (κ3) is 4.40. The van der Waals surface area contributed by atoms with Crippen LogP contribution < -0.4 is 11.5 Å². The van der Waals surface area contributed by atoms with Crippen LogP contribution in [-0.4, -0.2) is 28.9 Å². The molecule has 26 heavy (non-hydrogen) atoms. The minimum Gasteiger partial charge on any atom is -0.384 e. The van der Waals surface area contributed by atoms with Gasteiger partial charge in [0.1, 0.15) is 11.6 Å². The Morgan fingerprint density at radius 3 is 2.35 bits per heavy atom. The highest BCUT2D eigenvalue weighted by Crippen LogP contribution is 2.15. The Balaban J connectivity index is 1.66. The number of benzene rings is 1. The monoisotopic (exact) mass is 371 g/mol. The Kier molecular flexibility index (Phi) is 4.94. The molecule has 2 aromatic heterocycles. The van der Waals surface area contributed by atoms with Crippen molar-refractivity contribution < 1.29 is 8.42 Å². The first-order valence-electron chi connectivity index (χ1n) is 8.14. The van der Waals surface area contributed by atoms with Gasteiger partial charge in [-0.3, -0.25) is 4.68 Å². The normalized spacial score (nSPS) is 11.6. The molecule has 8 heteroatoms. The van der Waals surface area contributed by atoms with Crippen molar-refractivity contribution in [3.8, 4) is 0 Å². The summed E-state index contributed by atoms with van der Waals surface area (Å²) >= 11 is 0. The van der Waals surface area contributed by atoms with E-state index in [2.05, 4.69) is 10.1 Å². The highest BCUT2D eigenvalue weighted by molar-refractivity contribution is 7.91. The number of anilines is 2. The average molecular weight is 371 g/mol. The maximum absolute atomic E-state index is 12.4. The van der Waals surface area contributed by atoms with Crippen molar-refractivity contribution in [1.82, 2.24) is 14.8 Å². The second kappa shape index (κ2) is 7.17. The zero-order valence-corrected chi connectivity index (χ0v) is 15.3. The Hall–Kier alpha value is -2.87. The van der Waals surface area contributed by atoms with Crippen molar-refractivity contribution in [2.75, 3.05) is 17.2 Å². The lowest BCUT2D eigenvalue weighted by molar-refractivity contribution is 0.580. The summed E-state index contributed by atoms with van der Waals surface area (Å²) in [6, 6.07) is 10.4. The third-order valence-corrected chi connectivity index (χ3v) is 5.70. The average Bonchev–Trinajstić information content (AvgIpc) is 3.00. The van der Waals surface area contributed by atoms with Gasteiger partial charge >= 0.3 is 0 Å². The second-order valence-electron chi connectivity index (χ2n) is 6.25. The van der Waals surface area contributed by atoms with Gasteiger partial charge in [-0.25, -0.2) is 13.4 Å². The van der Waals surface area contributed by atoms with Crippen LogP contribution in [0.3, 0.4) is 0 Å². The van der Waals surface area contributed by atoms with Crippen LogP contribution in [0.2, 0.25) is 0 Å². The quantitative estimate of drug-likeness (QED) is 0.682. The lowest BCUT2D eigenvalue weighted by atomic mass is 10.1. The van der Waals surface area contributed by atoms with E-state index in [1.54, 1.807) is 47.3 Å². The van der Waals surface area contributed by atoms with Crippen LogP contribution in [0.4, 0.5) is 11.6 Å². The zero-order chi connectivity index (χ0) is 18.7. The van der Waals surface area contributed by atoms with E-state index in [0.717, 1.165) is 16.7 Å². The molecule has 0 spiro atoms. The van der Waals surface area contributed by atoms with Gasteiger partial charge in [-0.05, 0) is 42.3 Å². The van der Waals surface area contributed by atoms with Gasteiger partial charge in [0, 0.05) is 12.6 Å². The first-order chi connectivity index (χ1) is 12.3. The lowest BCUT2D eigenvalue weighted by Gasteiger charge is -2.05. The van der Waals surface area contributed by atoms with Gasteiger partial charge in [-0.1, -0.05) is 17.7 Å². The number of nitrogens with two attached hydrogens (primary N) is 2. The van der Waals surface area contributed by atoms with Crippen molar-refractivity contribution in [2.24, 2.45) is 0 Å². The van der Waals surface area contributed by atoms with E-state index >= 15 is 0 Å². The summed E-state index contributed by atoms with van der Waals surface area (Å²) in [5, 5.41) is 4.24. The Labute approximate surface area is 152 Å². The van der Waals surface area contributed by atoms with Crippen LogP contribution >= 0.6 is 0 Å². The van der Waals surface area contributed by atoms with Crippen LogP contribution in [0, 0.1) is 6.92 Å². The SMILES string of the molecule is Cc1ccc(S(=O)(=O)CCn2cc(Cc3cc(N)nc(N)c3)cn2)cc1. The molecule has 3 aromatic rings. The number of hydrogen-bond donors (Lipinski definition) is 2. The molecule has 0 aliphatic heterocycles. The number of pyridine rings is 1. The minimum atomic E-state index is -3.34. The number of rotatable bonds is 6. The van der Waals surface area contributed by atoms with E-state index in [0.29, 0.717) is 23.0 Å². The Morgan fingerprint density at radius 2 is 1.69 bits per heavy atom. The summed E-state index contributed by atoms with van der Waals surface area (Å²) in [5.74, 6) is 0.736. The van der Waals surface area contributed by atoms with Crippen molar-refractivity contribution in [1.29, 1.82) is 0 Å².